The van der Waals surface area contributed by atoms with Gasteiger partial charge in [0.2, 0.25) is 18.0 Å². The quantitative estimate of drug-likeness (QED) is 0.513. The zero-order valence-electron chi connectivity index (χ0n) is 22.8. The maximum atomic E-state index is 13.9. The van der Waals surface area contributed by atoms with Gasteiger partial charge < -0.3 is 20.4 Å². The number of benzene rings is 2. The van der Waals surface area contributed by atoms with Crippen LogP contribution in [0.1, 0.15) is 23.6 Å². The van der Waals surface area contributed by atoms with E-state index in [0.29, 0.717) is 49.2 Å². The van der Waals surface area contributed by atoms with Gasteiger partial charge in [-0.05, 0) is 50.1 Å². The monoisotopic (exact) mass is 540 g/mol. The van der Waals surface area contributed by atoms with Crippen molar-refractivity contribution in [2.45, 2.75) is 26.9 Å². The Kier molecular flexibility index (Phi) is 7.72. The van der Waals surface area contributed by atoms with Crippen molar-refractivity contribution >= 4 is 40.9 Å². The highest BCUT2D eigenvalue weighted by atomic mass is 16.2. The van der Waals surface area contributed by atoms with Crippen molar-refractivity contribution in [3.63, 3.8) is 0 Å². The predicted octanol–water partition coefficient (Wildman–Crippen LogP) is 2.75. The Hall–Kier alpha value is -4.80. The predicted molar refractivity (Wildman–Crippen MR) is 154 cm³/mol. The number of hydrogen-bond acceptors (Lipinski definition) is 7. The fourth-order valence-electron chi connectivity index (χ4n) is 5.00. The number of amides is 4. The van der Waals surface area contributed by atoms with E-state index >= 15 is 0 Å². The van der Waals surface area contributed by atoms with Crippen LogP contribution < -0.4 is 20.4 Å². The molecule has 1 unspecified atom stereocenters. The van der Waals surface area contributed by atoms with Crippen molar-refractivity contribution in [3.05, 3.63) is 77.6 Å². The number of anilines is 3. The Morgan fingerprint density at radius 2 is 1.68 bits per heavy atom. The number of nitrogens with zero attached hydrogens (tertiary/aromatic N) is 6. The number of benzodiazepines with no additional fused rings is 1. The summed E-state index contributed by atoms with van der Waals surface area (Å²) in [7, 11) is 0. The van der Waals surface area contributed by atoms with E-state index in [1.807, 2.05) is 55.1 Å². The van der Waals surface area contributed by atoms with Crippen molar-refractivity contribution in [1.82, 2.24) is 20.2 Å². The molecule has 1 aromatic heterocycles. The Labute approximate surface area is 232 Å². The molecule has 1 fully saturated rings. The van der Waals surface area contributed by atoms with E-state index in [4.69, 9.17) is 0 Å². The number of carbonyl (C=O) groups is 3. The summed E-state index contributed by atoms with van der Waals surface area (Å²) in [6, 6.07) is 14.2. The number of rotatable bonds is 5. The van der Waals surface area contributed by atoms with Gasteiger partial charge in [-0.2, -0.15) is 0 Å². The third-order valence-corrected chi connectivity index (χ3v) is 7.02. The van der Waals surface area contributed by atoms with Gasteiger partial charge in [0.25, 0.3) is 5.91 Å². The first kappa shape index (κ1) is 26.8. The molecule has 11 heteroatoms. The van der Waals surface area contributed by atoms with Gasteiger partial charge in [-0.3, -0.25) is 19.5 Å². The average molecular weight is 541 g/mol. The normalized spacial score (nSPS) is 17.1. The van der Waals surface area contributed by atoms with Crippen LogP contribution in [0.25, 0.3) is 0 Å². The Balaban J connectivity index is 1.34. The topological polar surface area (TPSA) is 123 Å². The molecule has 0 saturated carbocycles. The second-order valence-corrected chi connectivity index (χ2v) is 9.90. The molecule has 2 aromatic carbocycles. The molecule has 40 heavy (non-hydrogen) atoms. The van der Waals surface area contributed by atoms with E-state index in [2.05, 4.69) is 25.6 Å². The summed E-state index contributed by atoms with van der Waals surface area (Å²) in [5, 5.41) is 5.46. The average Bonchev–Trinajstić information content (AvgIpc) is 3.04. The summed E-state index contributed by atoms with van der Waals surface area (Å²) in [5.41, 5.74) is 4.40. The molecule has 0 bridgehead atoms. The summed E-state index contributed by atoms with van der Waals surface area (Å²) in [6.45, 7) is 7.60. The molecular formula is C29H32N8O3. The first-order valence-corrected chi connectivity index (χ1v) is 13.2. The van der Waals surface area contributed by atoms with Crippen molar-refractivity contribution < 1.29 is 14.4 Å². The molecule has 1 saturated heterocycles. The Bertz CT molecular complexity index is 1450. The Morgan fingerprint density at radius 3 is 2.40 bits per heavy atom. The van der Waals surface area contributed by atoms with Crippen LogP contribution in [0.5, 0.6) is 0 Å². The lowest BCUT2D eigenvalue weighted by Gasteiger charge is -2.36. The zero-order valence-corrected chi connectivity index (χ0v) is 22.8. The van der Waals surface area contributed by atoms with Gasteiger partial charge in [-0.1, -0.05) is 30.3 Å². The third-order valence-electron chi connectivity index (χ3n) is 7.02. The second-order valence-electron chi connectivity index (χ2n) is 9.90. The van der Waals surface area contributed by atoms with E-state index in [1.54, 1.807) is 36.4 Å². The SMILES string of the molecule is CC1=NC(NC(=O)Nc2cccc(C)c2)C(=O)N(CC(=O)N2CCN(c3ncccn3)CC2)c2c(C)cccc21. The molecule has 5 rings (SSSR count). The Morgan fingerprint density at radius 1 is 0.950 bits per heavy atom. The summed E-state index contributed by atoms with van der Waals surface area (Å²) in [5.74, 6) is -0.0255. The van der Waals surface area contributed by atoms with Gasteiger partial charge in [0.15, 0.2) is 0 Å². The lowest BCUT2D eigenvalue weighted by Crippen LogP contribution is -2.54. The molecule has 0 spiro atoms. The maximum absolute atomic E-state index is 13.9. The van der Waals surface area contributed by atoms with Crippen molar-refractivity contribution in [2.75, 3.05) is 47.8 Å². The maximum Gasteiger partial charge on any atom is 0.321 e. The number of aromatic nitrogens is 2. The van der Waals surface area contributed by atoms with Crippen LogP contribution in [0.15, 0.2) is 65.9 Å². The first-order chi connectivity index (χ1) is 19.3. The molecular weight excluding hydrogens is 508 g/mol. The van der Waals surface area contributed by atoms with Gasteiger partial charge in [-0.15, -0.1) is 0 Å². The molecule has 3 aromatic rings. The summed E-state index contributed by atoms with van der Waals surface area (Å²) < 4.78 is 0. The van der Waals surface area contributed by atoms with Crippen LogP contribution >= 0.6 is 0 Å². The number of aryl methyl sites for hydroxylation is 2. The van der Waals surface area contributed by atoms with E-state index in [1.165, 1.54) is 4.90 Å². The van der Waals surface area contributed by atoms with Gasteiger partial charge in [-0.25, -0.2) is 14.8 Å². The van der Waals surface area contributed by atoms with Crippen LogP contribution in [0, 0.1) is 13.8 Å². The van der Waals surface area contributed by atoms with Gasteiger partial charge in [0.05, 0.1) is 5.69 Å². The molecule has 3 heterocycles. The number of carbonyl (C=O) groups excluding carboxylic acids is 3. The number of piperazine rings is 1. The van der Waals surface area contributed by atoms with Gasteiger partial charge in [0.1, 0.15) is 6.54 Å². The largest absolute Gasteiger partial charge is 0.338 e. The lowest BCUT2D eigenvalue weighted by atomic mass is 10.0. The van der Waals surface area contributed by atoms with E-state index in [-0.39, 0.29) is 12.5 Å². The number of para-hydroxylation sites is 1. The molecule has 1 atom stereocenters. The fraction of sp³-hybridized carbons (Fsp3) is 0.310. The van der Waals surface area contributed by atoms with Crippen LogP contribution in [0.4, 0.5) is 22.1 Å². The smallest absolute Gasteiger partial charge is 0.321 e. The first-order valence-electron chi connectivity index (χ1n) is 13.2. The number of hydrogen-bond donors (Lipinski definition) is 2. The van der Waals surface area contributed by atoms with E-state index < -0.39 is 18.1 Å². The molecule has 206 valence electrons. The summed E-state index contributed by atoms with van der Waals surface area (Å²) in [6.07, 6.45) is 2.19. The van der Waals surface area contributed by atoms with Gasteiger partial charge in [0, 0.05) is 55.5 Å². The number of urea groups is 1. The minimum Gasteiger partial charge on any atom is -0.338 e. The molecule has 2 aliphatic rings. The van der Waals surface area contributed by atoms with Crippen molar-refractivity contribution in [1.29, 1.82) is 0 Å². The van der Waals surface area contributed by atoms with Crippen LogP contribution in [0.2, 0.25) is 0 Å². The van der Waals surface area contributed by atoms with Crippen molar-refractivity contribution in [3.8, 4) is 0 Å². The minimum absolute atomic E-state index is 0.168. The summed E-state index contributed by atoms with van der Waals surface area (Å²) in [4.78, 5) is 58.7. The standard InChI is InChI=1S/C29H32N8O3/c1-19-7-4-9-22(17-19)33-29(40)34-26-27(39)37(25-20(2)8-5-10-23(25)21(3)32-26)18-24(38)35-13-15-36(16-14-35)28-30-11-6-12-31-28/h4-12,17,26H,13-16,18H2,1-3H3,(H2,33,34,40). The highest BCUT2D eigenvalue weighted by Crippen LogP contribution is 2.29. The van der Waals surface area contributed by atoms with Crippen molar-refractivity contribution in [2.24, 2.45) is 4.99 Å². The molecule has 11 nitrogen and oxygen atoms in total. The molecule has 0 aliphatic carbocycles. The van der Waals surface area contributed by atoms with Crippen LogP contribution in [-0.2, 0) is 9.59 Å². The fourth-order valence-corrected chi connectivity index (χ4v) is 5.00. The molecule has 0 radical (unpaired) electrons. The lowest BCUT2D eigenvalue weighted by molar-refractivity contribution is -0.131. The molecule has 2 aliphatic heterocycles. The number of fused-ring (bicyclic) bond motifs is 1. The van der Waals surface area contributed by atoms with E-state index in [9.17, 15) is 14.4 Å². The highest BCUT2D eigenvalue weighted by molar-refractivity contribution is 6.14. The minimum atomic E-state index is -1.20. The van der Waals surface area contributed by atoms with Crippen LogP contribution in [-0.4, -0.2) is 77.3 Å². The third kappa shape index (κ3) is 5.78. The van der Waals surface area contributed by atoms with Gasteiger partial charge >= 0.3 is 6.03 Å². The molecule has 2 N–H and O–H groups in total. The second kappa shape index (κ2) is 11.5. The van der Waals surface area contributed by atoms with E-state index in [0.717, 1.165) is 16.7 Å². The zero-order chi connectivity index (χ0) is 28.2. The highest BCUT2D eigenvalue weighted by Gasteiger charge is 2.35. The summed E-state index contributed by atoms with van der Waals surface area (Å²) >= 11 is 0. The number of aliphatic imine (C=N–C) groups is 1. The molecule has 4 amide bonds. The van der Waals surface area contributed by atoms with Crippen LogP contribution in [0.3, 0.4) is 0 Å². The number of nitrogens with one attached hydrogen (secondary N) is 2.